The Balaban J connectivity index is 1.44. The van der Waals surface area contributed by atoms with E-state index in [1.807, 2.05) is 39.0 Å². The molecule has 3 rings (SSSR count). The maximum atomic E-state index is 12.2. The number of carbonyl (C=O) groups is 1. The highest BCUT2D eigenvalue weighted by molar-refractivity contribution is 7.99. The van der Waals surface area contributed by atoms with E-state index in [9.17, 15) is 4.79 Å². The lowest BCUT2D eigenvalue weighted by molar-refractivity contribution is 0.0198. The highest BCUT2D eigenvalue weighted by Crippen LogP contribution is 2.29. The van der Waals surface area contributed by atoms with Gasteiger partial charge in [0.2, 0.25) is 5.89 Å². The first-order chi connectivity index (χ1) is 13.4. The van der Waals surface area contributed by atoms with E-state index < -0.39 is 5.60 Å². The number of amides is 1. The SMILES string of the molecule is CC(C)(C)OC(=O)N1CCC(c2nnc(SCC=Cc3ccccc3)o2)CC1. The molecule has 1 aromatic heterocycles. The van der Waals surface area contributed by atoms with Crippen LogP contribution in [0.1, 0.15) is 51.0 Å². The van der Waals surface area contributed by atoms with Crippen molar-refractivity contribution in [1.82, 2.24) is 15.1 Å². The van der Waals surface area contributed by atoms with E-state index in [1.165, 1.54) is 17.3 Å². The summed E-state index contributed by atoms with van der Waals surface area (Å²) in [5.74, 6) is 1.63. The molecule has 0 radical (unpaired) electrons. The molecule has 0 unspecified atom stereocenters. The first-order valence-electron chi connectivity index (χ1n) is 9.56. The Morgan fingerprint density at radius 3 is 2.64 bits per heavy atom. The molecule has 28 heavy (non-hydrogen) atoms. The van der Waals surface area contributed by atoms with Gasteiger partial charge in [0.25, 0.3) is 5.22 Å². The molecule has 0 N–H and O–H groups in total. The zero-order chi connectivity index (χ0) is 20.0. The van der Waals surface area contributed by atoms with Crippen molar-refractivity contribution in [3.05, 3.63) is 47.9 Å². The molecular formula is C21H27N3O3S. The van der Waals surface area contributed by atoms with Crippen molar-refractivity contribution in [1.29, 1.82) is 0 Å². The van der Waals surface area contributed by atoms with Crippen LogP contribution in [0, 0.1) is 0 Å². The van der Waals surface area contributed by atoms with Crippen LogP contribution < -0.4 is 0 Å². The molecule has 0 saturated carbocycles. The predicted octanol–water partition coefficient (Wildman–Crippen LogP) is 4.99. The standard InChI is InChI=1S/C21H27N3O3S/c1-21(2,3)27-20(25)24-13-11-17(12-14-24)18-22-23-19(26-18)28-15-7-10-16-8-5-4-6-9-16/h4-10,17H,11-15H2,1-3H3. The lowest BCUT2D eigenvalue weighted by Gasteiger charge is -2.32. The fraction of sp³-hybridized carbons (Fsp3) is 0.476. The number of hydrogen-bond donors (Lipinski definition) is 0. The molecule has 2 aromatic rings. The third-order valence-corrected chi connectivity index (χ3v) is 5.10. The van der Waals surface area contributed by atoms with Crippen molar-refractivity contribution in [3.63, 3.8) is 0 Å². The molecular weight excluding hydrogens is 374 g/mol. The van der Waals surface area contributed by atoms with E-state index in [4.69, 9.17) is 9.15 Å². The number of carbonyl (C=O) groups excluding carboxylic acids is 1. The van der Waals surface area contributed by atoms with Crippen molar-refractivity contribution in [2.45, 2.75) is 50.4 Å². The molecule has 2 heterocycles. The summed E-state index contributed by atoms with van der Waals surface area (Å²) in [6, 6.07) is 10.2. The van der Waals surface area contributed by atoms with Crippen molar-refractivity contribution in [3.8, 4) is 0 Å². The summed E-state index contributed by atoms with van der Waals surface area (Å²) in [6.45, 7) is 6.92. The third kappa shape index (κ3) is 6.12. The van der Waals surface area contributed by atoms with Crippen LogP contribution in [0.5, 0.6) is 0 Å². The van der Waals surface area contributed by atoms with E-state index in [1.54, 1.807) is 4.90 Å². The minimum Gasteiger partial charge on any atom is -0.444 e. The van der Waals surface area contributed by atoms with Gasteiger partial charge in [0.05, 0.1) is 0 Å². The average molecular weight is 402 g/mol. The fourth-order valence-electron chi connectivity index (χ4n) is 2.95. The van der Waals surface area contributed by atoms with Crippen LogP contribution in [0.25, 0.3) is 6.08 Å². The van der Waals surface area contributed by atoms with Crippen molar-refractivity contribution >= 4 is 23.9 Å². The number of thioether (sulfide) groups is 1. The van der Waals surface area contributed by atoms with Crippen LogP contribution in [-0.4, -0.2) is 45.6 Å². The second kappa shape index (κ2) is 9.28. The van der Waals surface area contributed by atoms with Gasteiger partial charge in [0, 0.05) is 24.8 Å². The minimum absolute atomic E-state index is 0.195. The Hall–Kier alpha value is -2.28. The minimum atomic E-state index is -0.471. The van der Waals surface area contributed by atoms with Gasteiger partial charge in [-0.05, 0) is 39.2 Å². The molecule has 1 fully saturated rings. The number of hydrogen-bond acceptors (Lipinski definition) is 6. The molecule has 1 amide bonds. The summed E-state index contributed by atoms with van der Waals surface area (Å²) in [4.78, 5) is 13.9. The van der Waals surface area contributed by atoms with Crippen LogP contribution in [0.4, 0.5) is 4.79 Å². The summed E-state index contributed by atoms with van der Waals surface area (Å²) in [7, 11) is 0. The van der Waals surface area contributed by atoms with Gasteiger partial charge in [-0.1, -0.05) is 54.2 Å². The number of nitrogens with zero attached hydrogens (tertiary/aromatic N) is 3. The number of piperidine rings is 1. The van der Waals surface area contributed by atoms with Gasteiger partial charge in [-0.15, -0.1) is 10.2 Å². The first kappa shape index (κ1) is 20.5. The van der Waals surface area contributed by atoms with Crippen LogP contribution in [0.2, 0.25) is 0 Å². The quantitative estimate of drug-likeness (QED) is 0.658. The summed E-state index contributed by atoms with van der Waals surface area (Å²) in [5.41, 5.74) is 0.702. The molecule has 1 aliphatic rings. The first-order valence-corrected chi connectivity index (χ1v) is 10.5. The highest BCUT2D eigenvalue weighted by atomic mass is 32.2. The molecule has 7 heteroatoms. The Bertz CT molecular complexity index is 791. The Labute approximate surface area is 170 Å². The van der Waals surface area contributed by atoms with Crippen molar-refractivity contribution in [2.24, 2.45) is 0 Å². The van der Waals surface area contributed by atoms with Crippen molar-refractivity contribution in [2.75, 3.05) is 18.8 Å². The Kier molecular flexibility index (Phi) is 6.78. The second-order valence-electron chi connectivity index (χ2n) is 7.77. The van der Waals surface area contributed by atoms with Gasteiger partial charge in [-0.25, -0.2) is 4.79 Å². The average Bonchev–Trinajstić information content (AvgIpc) is 3.14. The van der Waals surface area contributed by atoms with Gasteiger partial charge < -0.3 is 14.1 Å². The number of rotatable bonds is 5. The summed E-state index contributed by atoms with van der Waals surface area (Å²) >= 11 is 1.52. The summed E-state index contributed by atoms with van der Waals surface area (Å²) < 4.78 is 11.3. The van der Waals surface area contributed by atoms with Crippen LogP contribution in [-0.2, 0) is 4.74 Å². The lowest BCUT2D eigenvalue weighted by atomic mass is 9.97. The summed E-state index contributed by atoms with van der Waals surface area (Å²) in [5, 5.41) is 8.94. The second-order valence-corrected chi connectivity index (χ2v) is 8.74. The van der Waals surface area contributed by atoms with Gasteiger partial charge in [0.15, 0.2) is 0 Å². The number of ether oxygens (including phenoxy) is 1. The monoisotopic (exact) mass is 401 g/mol. The number of likely N-dealkylation sites (tertiary alicyclic amines) is 1. The Morgan fingerprint density at radius 2 is 1.96 bits per heavy atom. The molecule has 150 valence electrons. The maximum Gasteiger partial charge on any atom is 0.410 e. The topological polar surface area (TPSA) is 68.5 Å². The Morgan fingerprint density at radius 1 is 1.25 bits per heavy atom. The normalized spacial score (nSPS) is 15.9. The number of aromatic nitrogens is 2. The van der Waals surface area contributed by atoms with Crippen molar-refractivity contribution < 1.29 is 13.9 Å². The van der Waals surface area contributed by atoms with Gasteiger partial charge in [-0.2, -0.15) is 0 Å². The maximum absolute atomic E-state index is 12.2. The van der Waals surface area contributed by atoms with Gasteiger partial charge in [0.1, 0.15) is 5.60 Å². The zero-order valence-corrected chi connectivity index (χ0v) is 17.4. The van der Waals surface area contributed by atoms with Crippen LogP contribution in [0.15, 0.2) is 46.0 Å². The van der Waals surface area contributed by atoms with E-state index in [2.05, 4.69) is 34.5 Å². The molecule has 6 nitrogen and oxygen atoms in total. The molecule has 1 saturated heterocycles. The largest absolute Gasteiger partial charge is 0.444 e. The zero-order valence-electron chi connectivity index (χ0n) is 16.6. The fourth-order valence-corrected chi connectivity index (χ4v) is 3.52. The third-order valence-electron chi connectivity index (χ3n) is 4.33. The predicted molar refractivity (Wildman–Crippen MR) is 110 cm³/mol. The van der Waals surface area contributed by atoms with E-state index in [0.29, 0.717) is 24.2 Å². The molecule has 0 atom stereocenters. The molecule has 0 spiro atoms. The van der Waals surface area contributed by atoms with E-state index in [-0.39, 0.29) is 12.0 Å². The van der Waals surface area contributed by atoms with Gasteiger partial charge in [-0.3, -0.25) is 0 Å². The summed E-state index contributed by atoms with van der Waals surface area (Å²) in [6.07, 6.45) is 5.52. The molecule has 1 aromatic carbocycles. The molecule has 1 aliphatic heterocycles. The smallest absolute Gasteiger partial charge is 0.410 e. The van der Waals surface area contributed by atoms with Gasteiger partial charge >= 0.3 is 6.09 Å². The molecule has 0 bridgehead atoms. The van der Waals surface area contributed by atoms with E-state index in [0.717, 1.165) is 18.6 Å². The van der Waals surface area contributed by atoms with E-state index >= 15 is 0 Å². The lowest BCUT2D eigenvalue weighted by Crippen LogP contribution is -2.41. The molecule has 0 aliphatic carbocycles. The number of benzene rings is 1. The van der Waals surface area contributed by atoms with Crippen LogP contribution >= 0.6 is 11.8 Å². The highest BCUT2D eigenvalue weighted by Gasteiger charge is 2.29. The van der Waals surface area contributed by atoms with Crippen LogP contribution in [0.3, 0.4) is 0 Å².